The normalized spacial score (nSPS) is 21.9. The van der Waals surface area contributed by atoms with E-state index in [1.54, 1.807) is 12.1 Å². The first-order valence-corrected chi connectivity index (χ1v) is 7.95. The maximum absolute atomic E-state index is 14.2. The number of rotatable bonds is 3. The first kappa shape index (κ1) is 16.2. The summed E-state index contributed by atoms with van der Waals surface area (Å²) >= 11 is 3.48. The highest BCUT2D eigenvalue weighted by atomic mass is 79.9. The van der Waals surface area contributed by atoms with Gasteiger partial charge in [0.1, 0.15) is 5.82 Å². The Labute approximate surface area is 134 Å². The monoisotopic (exact) mass is 362 g/mol. The van der Waals surface area contributed by atoms with E-state index in [1.807, 2.05) is 6.07 Å². The molecule has 0 radical (unpaired) electrons. The maximum atomic E-state index is 14.2. The molecule has 2 nitrogen and oxygen atoms in total. The fraction of sp³-hybridized carbons (Fsp3) is 0.600. The van der Waals surface area contributed by atoms with Gasteiger partial charge >= 0.3 is 0 Å². The van der Waals surface area contributed by atoms with Crippen molar-refractivity contribution in [3.8, 4) is 0 Å². The summed E-state index contributed by atoms with van der Waals surface area (Å²) < 4.78 is 15.2. The van der Waals surface area contributed by atoms with Crippen molar-refractivity contribution in [3.63, 3.8) is 0 Å². The highest BCUT2D eigenvalue weighted by molar-refractivity contribution is 9.10. The fourth-order valence-corrected chi connectivity index (χ4v) is 3.58. The van der Waals surface area contributed by atoms with Gasteiger partial charge in [0.15, 0.2) is 0 Å². The van der Waals surface area contributed by atoms with Crippen LogP contribution in [-0.2, 0) is 0 Å². The zero-order valence-electron chi connectivity index (χ0n) is 11.4. The molecule has 5 heteroatoms. The van der Waals surface area contributed by atoms with Crippen LogP contribution in [0.2, 0.25) is 0 Å². The molecule has 0 unspecified atom stereocenters. The van der Waals surface area contributed by atoms with Gasteiger partial charge in [-0.1, -0.05) is 22.4 Å². The number of halogens is 3. The van der Waals surface area contributed by atoms with E-state index >= 15 is 0 Å². The summed E-state index contributed by atoms with van der Waals surface area (Å²) in [5, 5.41) is 3.38. The van der Waals surface area contributed by atoms with E-state index in [1.165, 1.54) is 19.3 Å². The minimum absolute atomic E-state index is 0. The molecule has 0 aromatic heterocycles. The molecule has 0 spiro atoms. The molecule has 3 rings (SSSR count). The molecular weight excluding hydrogens is 343 g/mol. The average Bonchev–Trinajstić information content (AvgIpc) is 2.38. The van der Waals surface area contributed by atoms with Gasteiger partial charge in [-0.25, -0.2) is 4.39 Å². The predicted octanol–water partition coefficient (Wildman–Crippen LogP) is 3.76. The average molecular weight is 364 g/mol. The van der Waals surface area contributed by atoms with Gasteiger partial charge in [0.25, 0.3) is 0 Å². The van der Waals surface area contributed by atoms with E-state index in [2.05, 4.69) is 26.1 Å². The molecule has 0 bridgehead atoms. The molecule has 1 aliphatic carbocycles. The Morgan fingerprint density at radius 2 is 1.95 bits per heavy atom. The van der Waals surface area contributed by atoms with Crippen molar-refractivity contribution in [1.29, 1.82) is 0 Å². The largest absolute Gasteiger partial charge is 0.314 e. The lowest BCUT2D eigenvalue weighted by molar-refractivity contribution is 0.0811. The Balaban J connectivity index is 0.00000147. The summed E-state index contributed by atoms with van der Waals surface area (Å²) in [7, 11) is 0. The second-order valence-electron chi connectivity index (χ2n) is 5.59. The van der Waals surface area contributed by atoms with Crippen molar-refractivity contribution < 1.29 is 4.39 Å². The highest BCUT2D eigenvalue weighted by Crippen LogP contribution is 2.42. The lowest BCUT2D eigenvalue weighted by Gasteiger charge is -2.43. The lowest BCUT2D eigenvalue weighted by atomic mass is 9.76. The summed E-state index contributed by atoms with van der Waals surface area (Å²) in [5.74, 6) is 0.570. The Morgan fingerprint density at radius 1 is 1.25 bits per heavy atom. The van der Waals surface area contributed by atoms with Gasteiger partial charge in [-0.15, -0.1) is 12.4 Å². The first-order valence-electron chi connectivity index (χ1n) is 7.15. The van der Waals surface area contributed by atoms with Crippen LogP contribution in [0.25, 0.3) is 0 Å². The predicted molar refractivity (Wildman–Crippen MR) is 85.9 cm³/mol. The van der Waals surface area contributed by atoms with E-state index in [0.717, 1.165) is 36.2 Å². The van der Waals surface area contributed by atoms with Crippen LogP contribution < -0.4 is 5.32 Å². The SMILES string of the molecule is Cl.Fc1ccc(Br)cc1[C@@H](C1CCC1)N1CCNCC1. The minimum Gasteiger partial charge on any atom is -0.314 e. The van der Waals surface area contributed by atoms with E-state index in [4.69, 9.17) is 0 Å². The second kappa shape index (κ2) is 7.21. The summed E-state index contributed by atoms with van der Waals surface area (Å²) in [6.07, 6.45) is 3.77. The summed E-state index contributed by atoms with van der Waals surface area (Å²) in [6, 6.07) is 5.61. The van der Waals surface area contributed by atoms with Crippen LogP contribution in [0.1, 0.15) is 30.9 Å². The molecule has 1 aromatic rings. The fourth-order valence-electron chi connectivity index (χ4n) is 3.21. The van der Waals surface area contributed by atoms with Gasteiger partial charge in [-0.3, -0.25) is 4.90 Å². The molecule has 1 aliphatic heterocycles. The highest BCUT2D eigenvalue weighted by Gasteiger charge is 2.35. The van der Waals surface area contributed by atoms with Gasteiger partial charge in [0.05, 0.1) is 0 Å². The molecule has 1 heterocycles. The van der Waals surface area contributed by atoms with Gasteiger partial charge in [0, 0.05) is 42.3 Å². The van der Waals surface area contributed by atoms with Crippen LogP contribution in [-0.4, -0.2) is 31.1 Å². The Hall–Kier alpha value is -0.160. The van der Waals surface area contributed by atoms with E-state index in [0.29, 0.717) is 5.92 Å². The third-order valence-corrected chi connectivity index (χ3v) is 4.91. The smallest absolute Gasteiger partial charge is 0.128 e. The van der Waals surface area contributed by atoms with Crippen LogP contribution in [0.5, 0.6) is 0 Å². The molecule has 2 aliphatic rings. The van der Waals surface area contributed by atoms with Crippen LogP contribution >= 0.6 is 28.3 Å². The van der Waals surface area contributed by atoms with Crippen LogP contribution in [0.3, 0.4) is 0 Å². The second-order valence-corrected chi connectivity index (χ2v) is 6.50. The van der Waals surface area contributed by atoms with E-state index in [-0.39, 0.29) is 24.3 Å². The molecule has 20 heavy (non-hydrogen) atoms. The zero-order chi connectivity index (χ0) is 13.2. The summed E-state index contributed by atoms with van der Waals surface area (Å²) in [5.41, 5.74) is 0.876. The number of piperazine rings is 1. The third kappa shape index (κ3) is 3.35. The van der Waals surface area contributed by atoms with Crippen molar-refractivity contribution in [1.82, 2.24) is 10.2 Å². The zero-order valence-corrected chi connectivity index (χ0v) is 13.9. The standard InChI is InChI=1S/C15H20BrFN2.ClH/c16-12-4-5-14(17)13(10-12)15(11-2-1-3-11)19-8-6-18-7-9-19;/h4-5,10-11,15,18H,1-3,6-9H2;1H/t15-;/m1./s1. The Morgan fingerprint density at radius 3 is 2.55 bits per heavy atom. The quantitative estimate of drug-likeness (QED) is 0.880. The number of nitrogens with one attached hydrogen (secondary N) is 1. The number of hydrogen-bond acceptors (Lipinski definition) is 2. The number of nitrogens with zero attached hydrogens (tertiary/aromatic N) is 1. The molecule has 1 saturated carbocycles. The van der Waals surface area contributed by atoms with Gasteiger partial charge in [-0.2, -0.15) is 0 Å². The molecular formula is C15H21BrClFN2. The molecule has 0 amide bonds. The van der Waals surface area contributed by atoms with E-state index < -0.39 is 0 Å². The van der Waals surface area contributed by atoms with Crippen LogP contribution in [0.15, 0.2) is 22.7 Å². The van der Waals surface area contributed by atoms with Crippen LogP contribution in [0.4, 0.5) is 4.39 Å². The molecule has 112 valence electrons. The van der Waals surface area contributed by atoms with Crippen molar-refractivity contribution in [2.75, 3.05) is 26.2 Å². The minimum atomic E-state index is -0.0568. The Kier molecular flexibility index (Phi) is 5.84. The molecule has 1 aromatic carbocycles. The topological polar surface area (TPSA) is 15.3 Å². The lowest BCUT2D eigenvalue weighted by Crippen LogP contribution is -2.48. The van der Waals surface area contributed by atoms with Crippen molar-refractivity contribution >= 4 is 28.3 Å². The van der Waals surface area contributed by atoms with Crippen molar-refractivity contribution in [2.24, 2.45) is 5.92 Å². The van der Waals surface area contributed by atoms with Gasteiger partial charge in [0.2, 0.25) is 0 Å². The molecule has 2 fully saturated rings. The first-order chi connectivity index (χ1) is 9.25. The Bertz CT molecular complexity index is 447. The van der Waals surface area contributed by atoms with Gasteiger partial charge < -0.3 is 5.32 Å². The maximum Gasteiger partial charge on any atom is 0.128 e. The summed E-state index contributed by atoms with van der Waals surface area (Å²) in [4.78, 5) is 2.46. The van der Waals surface area contributed by atoms with Gasteiger partial charge in [-0.05, 0) is 37.0 Å². The third-order valence-electron chi connectivity index (χ3n) is 4.42. The van der Waals surface area contributed by atoms with Crippen molar-refractivity contribution in [3.05, 3.63) is 34.1 Å². The van der Waals surface area contributed by atoms with Crippen molar-refractivity contribution in [2.45, 2.75) is 25.3 Å². The van der Waals surface area contributed by atoms with Crippen LogP contribution in [0, 0.1) is 11.7 Å². The molecule has 1 N–H and O–H groups in total. The number of benzene rings is 1. The summed E-state index contributed by atoms with van der Waals surface area (Å²) in [6.45, 7) is 4.07. The molecule has 1 saturated heterocycles. The number of hydrogen-bond donors (Lipinski definition) is 1. The van der Waals surface area contributed by atoms with E-state index in [9.17, 15) is 4.39 Å². The molecule has 1 atom stereocenters.